The minimum absolute atomic E-state index is 0.159. The smallest absolute Gasteiger partial charge is 0.306 e. The van der Waals surface area contributed by atoms with Gasteiger partial charge in [0.1, 0.15) is 55.4 Å². The van der Waals surface area contributed by atoms with E-state index in [1.165, 1.54) is 89.9 Å². The summed E-state index contributed by atoms with van der Waals surface area (Å²) in [4.78, 5) is 25.8. The van der Waals surface area contributed by atoms with Crippen molar-refractivity contribution in [2.24, 2.45) is 0 Å². The van der Waals surface area contributed by atoms with Crippen molar-refractivity contribution < 1.29 is 73.8 Å². The van der Waals surface area contributed by atoms with Crippen molar-refractivity contribution in [3.8, 4) is 0 Å². The van der Waals surface area contributed by atoms with Crippen LogP contribution in [-0.4, -0.2) is 142 Å². The van der Waals surface area contributed by atoms with Gasteiger partial charge in [-0.25, -0.2) is 0 Å². The second kappa shape index (κ2) is 42.1. The number of aliphatic hydroxyl groups excluding tert-OH is 7. The van der Waals surface area contributed by atoms with Gasteiger partial charge in [0.15, 0.2) is 18.7 Å². The molecule has 0 saturated carbocycles. The summed E-state index contributed by atoms with van der Waals surface area (Å²) in [5.74, 6) is -0.935. The van der Waals surface area contributed by atoms with Gasteiger partial charge in [-0.15, -0.1) is 0 Å². The summed E-state index contributed by atoms with van der Waals surface area (Å²) < 4.78 is 33.6. The van der Waals surface area contributed by atoms with Crippen LogP contribution in [0.15, 0.2) is 36.5 Å². The third-order valence-electron chi connectivity index (χ3n) is 13.1. The van der Waals surface area contributed by atoms with Gasteiger partial charge >= 0.3 is 11.9 Å². The number of carbonyl (C=O) groups excluding carboxylic acids is 2. The molecule has 0 aromatic carbocycles. The van der Waals surface area contributed by atoms with E-state index in [1.54, 1.807) is 0 Å². The van der Waals surface area contributed by atoms with Crippen molar-refractivity contribution in [2.75, 3.05) is 26.4 Å². The number of aliphatic hydroxyl groups is 7. The highest BCUT2D eigenvalue weighted by Gasteiger charge is 2.47. The number of hydrogen-bond acceptors (Lipinski definition) is 15. The molecule has 15 heteroatoms. The SMILES string of the molecule is CCCCC/C=C\C/C=C\CCCCCCCCCCCC(=O)OC(COC(=O)CCCCCCC/C=C\CCCCCCCC)COC1OC(COC2OC(CO)C(O)C(O)C2O)C(O)C(O)C1O. The zero-order valence-electron chi connectivity index (χ0n) is 43.3. The molecule has 11 atom stereocenters. The minimum Gasteiger partial charge on any atom is -0.462 e. The Kier molecular flexibility index (Phi) is 38.4. The Balaban J connectivity index is 1.78. The molecule has 2 fully saturated rings. The molecule has 0 radical (unpaired) electrons. The molecule has 2 aliphatic rings. The summed E-state index contributed by atoms with van der Waals surface area (Å²) in [6.45, 7) is 2.56. The Hall–Kier alpha value is -2.28. The predicted octanol–water partition coefficient (Wildman–Crippen LogP) is 8.49. The fourth-order valence-corrected chi connectivity index (χ4v) is 8.54. The average molecular weight is 999 g/mol. The quantitative estimate of drug-likeness (QED) is 0.0173. The zero-order valence-corrected chi connectivity index (χ0v) is 43.3. The van der Waals surface area contributed by atoms with Crippen molar-refractivity contribution in [3.63, 3.8) is 0 Å². The molecule has 0 spiro atoms. The van der Waals surface area contributed by atoms with Crippen LogP contribution < -0.4 is 0 Å². The van der Waals surface area contributed by atoms with E-state index in [2.05, 4.69) is 50.3 Å². The normalized spacial score (nSPS) is 25.6. The Morgan fingerprint density at radius 3 is 1.37 bits per heavy atom. The molecular weight excluding hydrogens is 901 g/mol. The first kappa shape index (κ1) is 63.8. The summed E-state index contributed by atoms with van der Waals surface area (Å²) in [5.41, 5.74) is 0. The van der Waals surface area contributed by atoms with Crippen LogP contribution in [0, 0.1) is 0 Å². The molecule has 2 saturated heterocycles. The molecule has 70 heavy (non-hydrogen) atoms. The van der Waals surface area contributed by atoms with Crippen LogP contribution in [0.2, 0.25) is 0 Å². The van der Waals surface area contributed by atoms with E-state index in [9.17, 15) is 45.3 Å². The monoisotopic (exact) mass is 999 g/mol. The molecule has 11 unspecified atom stereocenters. The topological polar surface area (TPSA) is 231 Å². The lowest BCUT2D eigenvalue weighted by Crippen LogP contribution is -2.61. The number of hydrogen-bond donors (Lipinski definition) is 7. The van der Waals surface area contributed by atoms with Gasteiger partial charge in [-0.2, -0.15) is 0 Å². The highest BCUT2D eigenvalue weighted by molar-refractivity contribution is 5.70. The van der Waals surface area contributed by atoms with Crippen LogP contribution in [0.4, 0.5) is 0 Å². The van der Waals surface area contributed by atoms with E-state index in [-0.39, 0.29) is 26.1 Å². The molecule has 7 N–H and O–H groups in total. The maximum atomic E-state index is 13.0. The van der Waals surface area contributed by atoms with Crippen LogP contribution in [0.5, 0.6) is 0 Å². The van der Waals surface area contributed by atoms with Crippen molar-refractivity contribution in [2.45, 2.75) is 274 Å². The predicted molar refractivity (Wildman–Crippen MR) is 270 cm³/mol. The van der Waals surface area contributed by atoms with E-state index in [1.807, 2.05) is 0 Å². The molecule has 15 nitrogen and oxygen atoms in total. The number of unbranched alkanes of at least 4 members (excludes halogenated alkanes) is 23. The lowest BCUT2D eigenvalue weighted by Gasteiger charge is -2.42. The first-order valence-electron chi connectivity index (χ1n) is 27.6. The van der Waals surface area contributed by atoms with Crippen molar-refractivity contribution in [3.05, 3.63) is 36.5 Å². The highest BCUT2D eigenvalue weighted by Crippen LogP contribution is 2.26. The van der Waals surface area contributed by atoms with Crippen LogP contribution in [0.25, 0.3) is 0 Å². The third kappa shape index (κ3) is 29.4. The number of esters is 2. The standard InChI is InChI=1S/C55H98O15/c1-3-5-7-9-11-13-15-17-19-20-21-22-24-26-28-30-32-34-36-38-47(58)68-43(40-65-46(57)37-35-33-31-29-27-25-23-18-16-14-12-10-8-6-4-2)41-66-54-53(64)51(62)49(60)45(70-54)42-67-55-52(63)50(61)48(59)44(39-56)69-55/h11,13,17-19,23,43-45,48-56,59-64H,3-10,12,14-16,20-22,24-42H2,1-2H3/b13-11-,19-17-,23-18-. The van der Waals surface area contributed by atoms with Crippen molar-refractivity contribution in [1.29, 1.82) is 0 Å². The summed E-state index contributed by atoms with van der Waals surface area (Å²) in [6, 6.07) is 0. The van der Waals surface area contributed by atoms with Gasteiger partial charge in [0.25, 0.3) is 0 Å². The van der Waals surface area contributed by atoms with Crippen molar-refractivity contribution >= 4 is 11.9 Å². The first-order valence-corrected chi connectivity index (χ1v) is 27.6. The molecule has 2 heterocycles. The van der Waals surface area contributed by atoms with Crippen LogP contribution in [0.1, 0.15) is 206 Å². The molecule has 0 aromatic heterocycles. The Bertz CT molecular complexity index is 1360. The lowest BCUT2D eigenvalue weighted by atomic mass is 9.98. The van der Waals surface area contributed by atoms with E-state index >= 15 is 0 Å². The lowest BCUT2D eigenvalue weighted by molar-refractivity contribution is -0.332. The van der Waals surface area contributed by atoms with Gasteiger partial charge in [0.05, 0.1) is 19.8 Å². The molecule has 0 aromatic rings. The number of ether oxygens (including phenoxy) is 6. The molecule has 0 aliphatic carbocycles. The third-order valence-corrected chi connectivity index (χ3v) is 13.1. The summed E-state index contributed by atoms with van der Waals surface area (Å²) in [6.07, 6.45) is 28.7. The van der Waals surface area contributed by atoms with Crippen LogP contribution in [0.3, 0.4) is 0 Å². The zero-order chi connectivity index (χ0) is 51.0. The fourth-order valence-electron chi connectivity index (χ4n) is 8.54. The largest absolute Gasteiger partial charge is 0.462 e. The van der Waals surface area contributed by atoms with Gasteiger partial charge in [-0.1, -0.05) is 159 Å². The fraction of sp³-hybridized carbons (Fsp3) is 0.855. The van der Waals surface area contributed by atoms with E-state index in [4.69, 9.17) is 28.4 Å². The molecule has 0 bridgehead atoms. The van der Waals surface area contributed by atoms with E-state index in [0.717, 1.165) is 77.0 Å². The number of rotatable bonds is 43. The Morgan fingerprint density at radius 1 is 0.457 bits per heavy atom. The van der Waals surface area contributed by atoms with Crippen LogP contribution >= 0.6 is 0 Å². The molecule has 2 aliphatic heterocycles. The number of allylic oxidation sites excluding steroid dienone is 6. The maximum Gasteiger partial charge on any atom is 0.306 e. The van der Waals surface area contributed by atoms with Gasteiger partial charge in [0.2, 0.25) is 0 Å². The van der Waals surface area contributed by atoms with Crippen LogP contribution in [-0.2, 0) is 38.0 Å². The summed E-state index contributed by atoms with van der Waals surface area (Å²) >= 11 is 0. The first-order chi connectivity index (χ1) is 34.0. The summed E-state index contributed by atoms with van der Waals surface area (Å²) in [5, 5.41) is 72.2. The maximum absolute atomic E-state index is 13.0. The number of carbonyl (C=O) groups is 2. The Morgan fingerprint density at radius 2 is 0.857 bits per heavy atom. The second-order valence-corrected chi connectivity index (χ2v) is 19.4. The minimum atomic E-state index is -1.77. The molecular formula is C55H98O15. The second-order valence-electron chi connectivity index (χ2n) is 19.4. The van der Waals surface area contributed by atoms with Gasteiger partial charge < -0.3 is 64.2 Å². The summed E-state index contributed by atoms with van der Waals surface area (Å²) in [7, 11) is 0. The van der Waals surface area contributed by atoms with E-state index in [0.29, 0.717) is 12.8 Å². The highest BCUT2D eigenvalue weighted by atomic mass is 16.7. The average Bonchev–Trinajstić information content (AvgIpc) is 3.35. The Labute approximate surface area is 421 Å². The van der Waals surface area contributed by atoms with Gasteiger partial charge in [-0.3, -0.25) is 9.59 Å². The van der Waals surface area contributed by atoms with E-state index < -0.39 is 92.7 Å². The molecule has 2 rings (SSSR count). The van der Waals surface area contributed by atoms with Gasteiger partial charge in [0, 0.05) is 12.8 Å². The molecule has 408 valence electrons. The molecule has 0 amide bonds. The van der Waals surface area contributed by atoms with Gasteiger partial charge in [-0.05, 0) is 70.6 Å². The van der Waals surface area contributed by atoms with Crippen molar-refractivity contribution in [1.82, 2.24) is 0 Å².